The Morgan fingerprint density at radius 1 is 1.13 bits per heavy atom. The summed E-state index contributed by atoms with van der Waals surface area (Å²) >= 11 is 0. The third-order valence-corrected chi connectivity index (χ3v) is 5.23. The summed E-state index contributed by atoms with van der Waals surface area (Å²) < 4.78 is 43.0. The van der Waals surface area contributed by atoms with Gasteiger partial charge in [0.1, 0.15) is 19.2 Å². The zero-order valence-corrected chi connectivity index (χ0v) is 16.8. The summed E-state index contributed by atoms with van der Waals surface area (Å²) in [5, 5.41) is 4.06. The maximum absolute atomic E-state index is 13.5. The van der Waals surface area contributed by atoms with Crippen molar-refractivity contribution in [2.75, 3.05) is 7.05 Å². The van der Waals surface area contributed by atoms with Gasteiger partial charge in [0.15, 0.2) is 0 Å². The molecule has 0 fully saturated rings. The Balaban J connectivity index is 1.56. The molecule has 0 saturated carbocycles. The minimum atomic E-state index is -4.67. The molecule has 0 aliphatic carbocycles. The van der Waals surface area contributed by atoms with Crippen LogP contribution in [-0.2, 0) is 17.5 Å². The summed E-state index contributed by atoms with van der Waals surface area (Å²) in [7, 11) is 1.57. The van der Waals surface area contributed by atoms with Crippen LogP contribution in [-0.4, -0.2) is 42.2 Å². The summed E-state index contributed by atoms with van der Waals surface area (Å²) in [5.74, 6) is -1.54. The molecule has 0 bridgehead atoms. The zero-order chi connectivity index (χ0) is 22.2. The van der Waals surface area contributed by atoms with Gasteiger partial charge in [-0.1, -0.05) is 24.3 Å². The van der Waals surface area contributed by atoms with Crippen molar-refractivity contribution >= 4 is 16.9 Å². The molecule has 0 saturated heterocycles. The fraction of sp³-hybridized carbons (Fsp3) is 0.238. The van der Waals surface area contributed by atoms with E-state index < -0.39 is 24.5 Å². The van der Waals surface area contributed by atoms with Crippen molar-refractivity contribution in [1.82, 2.24) is 29.2 Å². The van der Waals surface area contributed by atoms with Gasteiger partial charge in [0.2, 0.25) is 11.7 Å². The number of amides is 1. The van der Waals surface area contributed by atoms with E-state index in [4.69, 9.17) is 0 Å². The van der Waals surface area contributed by atoms with Crippen LogP contribution in [0.15, 0.2) is 61.2 Å². The number of halogens is 3. The number of carbonyl (C=O) groups excluding carboxylic acids is 1. The lowest BCUT2D eigenvalue weighted by molar-refractivity contribution is -0.148. The van der Waals surface area contributed by atoms with Gasteiger partial charge in [0.05, 0.1) is 22.8 Å². The molecule has 0 aliphatic heterocycles. The molecule has 31 heavy (non-hydrogen) atoms. The largest absolute Gasteiger partial charge is 0.449 e. The lowest BCUT2D eigenvalue weighted by Gasteiger charge is -2.26. The fourth-order valence-corrected chi connectivity index (χ4v) is 3.39. The number of nitrogens with zero attached hydrogens (tertiary/aromatic N) is 6. The molecule has 160 valence electrons. The van der Waals surface area contributed by atoms with Crippen LogP contribution in [0.5, 0.6) is 0 Å². The molecule has 2 aromatic heterocycles. The van der Waals surface area contributed by atoms with E-state index in [-0.39, 0.29) is 17.1 Å². The van der Waals surface area contributed by atoms with Crippen LogP contribution in [0.1, 0.15) is 24.4 Å². The summed E-state index contributed by atoms with van der Waals surface area (Å²) in [6, 6.07) is 13.3. The average Bonchev–Trinajstić information content (AvgIpc) is 3.41. The molecule has 7 nitrogen and oxygen atoms in total. The second-order valence-corrected chi connectivity index (χ2v) is 7.12. The number of hydrogen-bond donors (Lipinski definition) is 0. The summed E-state index contributed by atoms with van der Waals surface area (Å²) in [5.41, 5.74) is 2.11. The van der Waals surface area contributed by atoms with Crippen molar-refractivity contribution in [3.63, 3.8) is 0 Å². The Morgan fingerprint density at radius 3 is 2.48 bits per heavy atom. The van der Waals surface area contributed by atoms with Gasteiger partial charge in [-0.2, -0.15) is 18.3 Å². The van der Waals surface area contributed by atoms with Gasteiger partial charge >= 0.3 is 6.18 Å². The average molecular weight is 428 g/mol. The number of carbonyl (C=O) groups is 1. The molecule has 0 radical (unpaired) electrons. The number of likely N-dealkylation sites (N-methyl/N-ethyl adjacent to an activating group) is 1. The number of hydrogen-bond acceptors (Lipinski definition) is 4. The number of aromatic nitrogens is 5. The first kappa shape index (κ1) is 20.6. The molecule has 2 aromatic carbocycles. The standard InChI is InChI=1S/C21H19F3N6O/c1-14(15-7-9-16(10-8-15)30-13-25-12-26-30)28(2)19(31)11-29-18-6-4-3-5-17(18)27-20(29)21(22,23)24/h3-10,12-14H,11H2,1-2H3/t14-/m1/s1. The summed E-state index contributed by atoms with van der Waals surface area (Å²) in [6.45, 7) is 1.35. The monoisotopic (exact) mass is 428 g/mol. The van der Waals surface area contributed by atoms with E-state index in [0.717, 1.165) is 15.8 Å². The van der Waals surface area contributed by atoms with Crippen LogP contribution in [0.3, 0.4) is 0 Å². The van der Waals surface area contributed by atoms with E-state index in [1.807, 2.05) is 31.2 Å². The molecule has 1 amide bonds. The topological polar surface area (TPSA) is 68.8 Å². The van der Waals surface area contributed by atoms with Gasteiger partial charge in [0, 0.05) is 7.05 Å². The van der Waals surface area contributed by atoms with Gasteiger partial charge in [-0.15, -0.1) is 0 Å². The maximum Gasteiger partial charge on any atom is 0.449 e. The smallest absolute Gasteiger partial charge is 0.337 e. The predicted molar refractivity (Wildman–Crippen MR) is 107 cm³/mol. The van der Waals surface area contributed by atoms with Crippen molar-refractivity contribution < 1.29 is 18.0 Å². The Kier molecular flexibility index (Phi) is 5.22. The molecule has 10 heteroatoms. The van der Waals surface area contributed by atoms with Crippen LogP contribution in [0.2, 0.25) is 0 Å². The molecule has 4 rings (SSSR count). The summed E-state index contributed by atoms with van der Waals surface area (Å²) in [6.07, 6.45) is -1.67. The minimum Gasteiger partial charge on any atom is -0.337 e. The van der Waals surface area contributed by atoms with E-state index in [1.165, 1.54) is 23.4 Å². The third kappa shape index (κ3) is 4.00. The quantitative estimate of drug-likeness (QED) is 0.484. The first-order valence-corrected chi connectivity index (χ1v) is 9.49. The second kappa shape index (κ2) is 7.86. The molecule has 1 atom stereocenters. The van der Waals surface area contributed by atoms with Gasteiger partial charge in [-0.3, -0.25) is 4.79 Å². The number of fused-ring (bicyclic) bond motifs is 1. The highest BCUT2D eigenvalue weighted by atomic mass is 19.4. The van der Waals surface area contributed by atoms with Crippen molar-refractivity contribution in [1.29, 1.82) is 0 Å². The van der Waals surface area contributed by atoms with E-state index in [9.17, 15) is 18.0 Å². The number of benzene rings is 2. The molecule has 4 aromatic rings. The molecular formula is C21H19F3N6O. The number of alkyl halides is 3. The fourth-order valence-electron chi connectivity index (χ4n) is 3.39. The Labute approximate surface area is 175 Å². The Morgan fingerprint density at radius 2 is 1.84 bits per heavy atom. The maximum atomic E-state index is 13.5. The van der Waals surface area contributed by atoms with Crippen molar-refractivity contribution in [3.8, 4) is 5.69 Å². The van der Waals surface area contributed by atoms with Crippen LogP contribution in [0.4, 0.5) is 13.2 Å². The van der Waals surface area contributed by atoms with Gasteiger partial charge in [-0.05, 0) is 36.8 Å². The highest BCUT2D eigenvalue weighted by Crippen LogP contribution is 2.32. The molecule has 2 heterocycles. The lowest BCUT2D eigenvalue weighted by atomic mass is 10.1. The van der Waals surface area contributed by atoms with Crippen molar-refractivity contribution in [2.24, 2.45) is 0 Å². The van der Waals surface area contributed by atoms with Crippen LogP contribution in [0.25, 0.3) is 16.7 Å². The van der Waals surface area contributed by atoms with Crippen LogP contribution >= 0.6 is 0 Å². The molecule has 0 aliphatic rings. The SMILES string of the molecule is C[C@H](c1ccc(-n2cncn2)cc1)N(C)C(=O)Cn1c(C(F)(F)F)nc2ccccc21. The molecular weight excluding hydrogens is 409 g/mol. The second-order valence-electron chi connectivity index (χ2n) is 7.12. The normalized spacial score (nSPS) is 12.8. The van der Waals surface area contributed by atoms with Gasteiger partial charge in [0.25, 0.3) is 0 Å². The van der Waals surface area contributed by atoms with E-state index in [2.05, 4.69) is 15.1 Å². The number of imidazole rings is 1. The van der Waals surface area contributed by atoms with E-state index in [0.29, 0.717) is 0 Å². The number of rotatable bonds is 5. The van der Waals surface area contributed by atoms with Crippen LogP contribution < -0.4 is 0 Å². The van der Waals surface area contributed by atoms with Crippen LogP contribution in [0, 0.1) is 0 Å². The number of para-hydroxylation sites is 2. The van der Waals surface area contributed by atoms with E-state index >= 15 is 0 Å². The highest BCUT2D eigenvalue weighted by Gasteiger charge is 2.38. The first-order valence-electron chi connectivity index (χ1n) is 9.49. The van der Waals surface area contributed by atoms with Crippen molar-refractivity contribution in [2.45, 2.75) is 25.7 Å². The Hall–Kier alpha value is -3.69. The Bertz CT molecular complexity index is 1200. The zero-order valence-electron chi connectivity index (χ0n) is 16.8. The van der Waals surface area contributed by atoms with E-state index in [1.54, 1.807) is 30.2 Å². The molecule has 0 N–H and O–H groups in total. The lowest BCUT2D eigenvalue weighted by Crippen LogP contribution is -2.33. The van der Waals surface area contributed by atoms with Gasteiger partial charge in [-0.25, -0.2) is 14.6 Å². The molecule has 0 spiro atoms. The molecule has 0 unspecified atom stereocenters. The first-order chi connectivity index (χ1) is 14.8. The summed E-state index contributed by atoms with van der Waals surface area (Å²) in [4.78, 5) is 21.9. The predicted octanol–water partition coefficient (Wildman–Crippen LogP) is 3.86. The highest BCUT2D eigenvalue weighted by molar-refractivity contribution is 5.81. The van der Waals surface area contributed by atoms with Crippen molar-refractivity contribution in [3.05, 3.63) is 72.6 Å². The minimum absolute atomic E-state index is 0.196. The third-order valence-electron chi connectivity index (χ3n) is 5.23. The van der Waals surface area contributed by atoms with Gasteiger partial charge < -0.3 is 9.47 Å².